The van der Waals surface area contributed by atoms with E-state index in [9.17, 15) is 9.59 Å². The van der Waals surface area contributed by atoms with E-state index in [1.165, 1.54) is 11.8 Å². The van der Waals surface area contributed by atoms with Crippen LogP contribution in [0.3, 0.4) is 0 Å². The molecule has 2 aromatic heterocycles. The lowest BCUT2D eigenvalue weighted by atomic mass is 10.1. The number of nitrogens with zero attached hydrogens (tertiary/aromatic N) is 3. The fraction of sp³-hybridized carbons (Fsp3) is 0.0909. The van der Waals surface area contributed by atoms with Gasteiger partial charge in [-0.1, -0.05) is 72.4 Å². The molecule has 156 valence electrons. The maximum atomic E-state index is 12.8. The van der Waals surface area contributed by atoms with Crippen LogP contribution in [0, 0.1) is 0 Å². The number of benzene rings is 2. The number of carbonyl (C=O) groups excluding carboxylic acids is 2. The van der Waals surface area contributed by atoms with Crippen LogP contribution in [0.15, 0.2) is 88.6 Å². The van der Waals surface area contributed by atoms with E-state index in [1.54, 1.807) is 18.4 Å². The molecule has 2 aromatic carbocycles. The molecule has 0 saturated heterocycles. The summed E-state index contributed by atoms with van der Waals surface area (Å²) in [4.78, 5) is 24.1. The largest absolute Gasteiger partial charge is 0.461 e. The Labute approximate surface area is 182 Å². The summed E-state index contributed by atoms with van der Waals surface area (Å²) in [7, 11) is 0. The number of furan rings is 1. The maximum absolute atomic E-state index is 12.8. The lowest BCUT2D eigenvalue weighted by Crippen LogP contribution is -2.37. The molecule has 0 fully saturated rings. The molecule has 0 bridgehead atoms. The quantitative estimate of drug-likeness (QED) is 0.430. The van der Waals surface area contributed by atoms with Gasteiger partial charge in [-0.3, -0.25) is 14.7 Å². The summed E-state index contributed by atoms with van der Waals surface area (Å²) in [6.07, 6.45) is 1.57. The van der Waals surface area contributed by atoms with Gasteiger partial charge in [0.2, 0.25) is 11.7 Å². The smallest absolute Gasteiger partial charge is 0.318 e. The molecule has 3 amide bonds. The third-order valence-corrected chi connectivity index (χ3v) is 5.69. The van der Waals surface area contributed by atoms with Crippen molar-refractivity contribution in [2.24, 2.45) is 5.73 Å². The number of hydrogen-bond donors (Lipinski definition) is 2. The van der Waals surface area contributed by atoms with E-state index in [4.69, 9.17) is 10.2 Å². The minimum Gasteiger partial charge on any atom is -0.461 e. The Morgan fingerprint density at radius 2 is 1.71 bits per heavy atom. The molecule has 0 aliphatic heterocycles. The first-order valence-electron chi connectivity index (χ1n) is 9.44. The Morgan fingerprint density at radius 3 is 2.35 bits per heavy atom. The summed E-state index contributed by atoms with van der Waals surface area (Å²) >= 11 is 1.18. The predicted molar refractivity (Wildman–Crippen MR) is 116 cm³/mol. The second-order valence-corrected chi connectivity index (χ2v) is 7.69. The summed E-state index contributed by atoms with van der Waals surface area (Å²) in [6, 6.07) is 21.6. The first-order chi connectivity index (χ1) is 15.1. The van der Waals surface area contributed by atoms with Crippen LogP contribution < -0.4 is 11.1 Å². The van der Waals surface area contributed by atoms with Crippen molar-refractivity contribution in [1.29, 1.82) is 0 Å². The molecule has 8 nitrogen and oxygen atoms in total. The Hall–Kier alpha value is -3.85. The van der Waals surface area contributed by atoms with Crippen molar-refractivity contribution in [3.05, 3.63) is 90.2 Å². The topological polar surface area (TPSA) is 116 Å². The average Bonchev–Trinajstić information content (AvgIpc) is 3.43. The maximum Gasteiger partial charge on any atom is 0.318 e. The Kier molecular flexibility index (Phi) is 6.13. The van der Waals surface area contributed by atoms with Gasteiger partial charge in [0.05, 0.1) is 12.8 Å². The molecule has 0 radical (unpaired) electrons. The van der Waals surface area contributed by atoms with Gasteiger partial charge in [-0.05, 0) is 23.3 Å². The number of rotatable bonds is 7. The number of nitrogens with two attached hydrogens (primary N) is 1. The molecule has 31 heavy (non-hydrogen) atoms. The van der Waals surface area contributed by atoms with Crippen LogP contribution >= 0.6 is 11.8 Å². The van der Waals surface area contributed by atoms with Crippen molar-refractivity contribution in [3.8, 4) is 11.6 Å². The average molecular weight is 433 g/mol. The SMILES string of the molecule is NC(=O)NC(=O)C(Sc1nnc(-c2ccco2)n1Cc1ccccc1)c1ccccc1. The molecule has 0 aliphatic rings. The van der Waals surface area contributed by atoms with Gasteiger partial charge in [0.1, 0.15) is 5.25 Å². The molecule has 9 heteroatoms. The van der Waals surface area contributed by atoms with Gasteiger partial charge in [-0.25, -0.2) is 4.79 Å². The van der Waals surface area contributed by atoms with Gasteiger partial charge in [0.15, 0.2) is 10.9 Å². The molecule has 3 N–H and O–H groups in total. The zero-order chi connectivity index (χ0) is 21.6. The highest BCUT2D eigenvalue weighted by atomic mass is 32.2. The zero-order valence-electron chi connectivity index (χ0n) is 16.3. The van der Waals surface area contributed by atoms with Crippen molar-refractivity contribution in [2.45, 2.75) is 17.0 Å². The molecule has 0 spiro atoms. The first-order valence-corrected chi connectivity index (χ1v) is 10.3. The number of imide groups is 1. The van der Waals surface area contributed by atoms with E-state index in [1.807, 2.05) is 65.2 Å². The number of aromatic nitrogens is 3. The second kappa shape index (κ2) is 9.31. The molecular formula is C22H19N5O3S. The fourth-order valence-corrected chi connectivity index (χ4v) is 4.10. The van der Waals surface area contributed by atoms with E-state index in [0.29, 0.717) is 28.8 Å². The minimum absolute atomic E-state index is 0.477. The van der Waals surface area contributed by atoms with Crippen LogP contribution in [0.5, 0.6) is 0 Å². The van der Waals surface area contributed by atoms with Crippen LogP contribution in [0.25, 0.3) is 11.6 Å². The number of nitrogens with one attached hydrogen (secondary N) is 1. The normalized spacial score (nSPS) is 11.7. The molecule has 0 aliphatic carbocycles. The summed E-state index contributed by atoms with van der Waals surface area (Å²) in [5.41, 5.74) is 6.92. The Balaban J connectivity index is 1.73. The Morgan fingerprint density at radius 1 is 1.00 bits per heavy atom. The number of carbonyl (C=O) groups is 2. The summed E-state index contributed by atoms with van der Waals surface area (Å²) in [5, 5.41) is 10.5. The highest BCUT2D eigenvalue weighted by Gasteiger charge is 2.27. The van der Waals surface area contributed by atoms with Crippen LogP contribution in [-0.2, 0) is 11.3 Å². The number of urea groups is 1. The summed E-state index contributed by atoms with van der Waals surface area (Å²) in [5.74, 6) is 0.573. The van der Waals surface area contributed by atoms with E-state index in [0.717, 1.165) is 5.56 Å². The lowest BCUT2D eigenvalue weighted by Gasteiger charge is -2.16. The van der Waals surface area contributed by atoms with Crippen LogP contribution in [0.2, 0.25) is 0 Å². The van der Waals surface area contributed by atoms with Crippen LogP contribution in [0.1, 0.15) is 16.4 Å². The molecule has 0 saturated carbocycles. The fourth-order valence-electron chi connectivity index (χ4n) is 3.07. The molecule has 1 unspecified atom stereocenters. The Bertz CT molecular complexity index is 1160. The molecule has 1 atom stereocenters. The highest BCUT2D eigenvalue weighted by Crippen LogP contribution is 2.36. The lowest BCUT2D eigenvalue weighted by molar-refractivity contribution is -0.119. The van der Waals surface area contributed by atoms with E-state index >= 15 is 0 Å². The van der Waals surface area contributed by atoms with Gasteiger partial charge >= 0.3 is 6.03 Å². The summed E-state index contributed by atoms with van der Waals surface area (Å²) in [6.45, 7) is 0.477. The highest BCUT2D eigenvalue weighted by molar-refractivity contribution is 8.00. The monoisotopic (exact) mass is 433 g/mol. The minimum atomic E-state index is -0.909. The van der Waals surface area contributed by atoms with Gasteiger partial charge in [-0.15, -0.1) is 10.2 Å². The molecule has 4 rings (SSSR count). The number of amides is 3. The molecule has 4 aromatic rings. The van der Waals surface area contributed by atoms with Gasteiger partial charge < -0.3 is 10.2 Å². The van der Waals surface area contributed by atoms with Gasteiger partial charge in [0, 0.05) is 0 Å². The standard InChI is InChI=1S/C22H19N5O3S/c23-21(29)24-20(28)18(16-10-5-2-6-11-16)31-22-26-25-19(17-12-7-13-30-17)27(22)14-15-8-3-1-4-9-15/h1-13,18H,14H2,(H3,23,24,28,29). The third-order valence-electron chi connectivity index (χ3n) is 4.45. The van der Waals surface area contributed by atoms with E-state index < -0.39 is 17.2 Å². The van der Waals surface area contributed by atoms with Gasteiger partial charge in [-0.2, -0.15) is 0 Å². The summed E-state index contributed by atoms with van der Waals surface area (Å²) < 4.78 is 7.41. The number of thioether (sulfide) groups is 1. The number of hydrogen-bond acceptors (Lipinski definition) is 6. The number of primary amides is 1. The molecule has 2 heterocycles. The van der Waals surface area contributed by atoms with Crippen LogP contribution in [-0.4, -0.2) is 26.7 Å². The van der Waals surface area contributed by atoms with Crippen molar-refractivity contribution in [1.82, 2.24) is 20.1 Å². The van der Waals surface area contributed by atoms with E-state index in [-0.39, 0.29) is 0 Å². The van der Waals surface area contributed by atoms with Crippen molar-refractivity contribution in [2.75, 3.05) is 0 Å². The predicted octanol–water partition coefficient (Wildman–Crippen LogP) is 3.61. The van der Waals surface area contributed by atoms with E-state index in [2.05, 4.69) is 15.5 Å². The van der Waals surface area contributed by atoms with Crippen molar-refractivity contribution in [3.63, 3.8) is 0 Å². The second-order valence-electron chi connectivity index (χ2n) is 6.62. The van der Waals surface area contributed by atoms with Crippen LogP contribution in [0.4, 0.5) is 4.79 Å². The third kappa shape index (κ3) is 4.84. The van der Waals surface area contributed by atoms with Crippen molar-refractivity contribution >= 4 is 23.7 Å². The van der Waals surface area contributed by atoms with Gasteiger partial charge in [0.25, 0.3) is 0 Å². The first kappa shape index (κ1) is 20.4. The molecular weight excluding hydrogens is 414 g/mol. The van der Waals surface area contributed by atoms with Crippen molar-refractivity contribution < 1.29 is 14.0 Å². The zero-order valence-corrected chi connectivity index (χ0v) is 17.2.